The van der Waals surface area contributed by atoms with E-state index in [0.29, 0.717) is 6.61 Å². The second kappa shape index (κ2) is 7.01. The fraction of sp³-hybridized carbons (Fsp3) is 0.625. The van der Waals surface area contributed by atoms with Gasteiger partial charge in [0.05, 0.1) is 5.60 Å². The van der Waals surface area contributed by atoms with Crippen LogP contribution in [0, 0.1) is 12.7 Å². The van der Waals surface area contributed by atoms with Crippen molar-refractivity contribution in [1.82, 2.24) is 5.32 Å². The van der Waals surface area contributed by atoms with Crippen LogP contribution in [0.5, 0.6) is 0 Å². The van der Waals surface area contributed by atoms with Gasteiger partial charge in [-0.1, -0.05) is 13.0 Å². The molecule has 1 aromatic rings. The first-order valence-electron chi connectivity index (χ1n) is 7.03. The molecule has 0 amide bonds. The molecular weight excluding hydrogens is 241 g/mol. The smallest absolute Gasteiger partial charge is 0.123 e. The monoisotopic (exact) mass is 267 g/mol. The highest BCUT2D eigenvalue weighted by molar-refractivity contribution is 5.27. The zero-order valence-electron chi connectivity index (χ0n) is 12.7. The quantitative estimate of drug-likeness (QED) is 0.816. The van der Waals surface area contributed by atoms with Crippen molar-refractivity contribution < 1.29 is 9.13 Å². The molecule has 2 nitrogen and oxygen atoms in total. The van der Waals surface area contributed by atoms with Crippen molar-refractivity contribution in [3.8, 4) is 0 Å². The fourth-order valence-electron chi connectivity index (χ4n) is 2.51. The summed E-state index contributed by atoms with van der Waals surface area (Å²) in [6.45, 7) is 8.94. The second-order valence-corrected chi connectivity index (χ2v) is 5.22. The maximum Gasteiger partial charge on any atom is 0.123 e. The molecule has 3 heteroatoms. The molecule has 0 bridgehead atoms. The van der Waals surface area contributed by atoms with Crippen molar-refractivity contribution in [2.24, 2.45) is 0 Å². The molecule has 0 saturated carbocycles. The van der Waals surface area contributed by atoms with Gasteiger partial charge >= 0.3 is 0 Å². The van der Waals surface area contributed by atoms with Crippen molar-refractivity contribution in [2.75, 3.05) is 13.7 Å². The lowest BCUT2D eigenvalue weighted by Gasteiger charge is -2.37. The molecule has 1 aromatic carbocycles. The molecule has 0 fully saturated rings. The highest BCUT2D eigenvalue weighted by atomic mass is 19.1. The summed E-state index contributed by atoms with van der Waals surface area (Å²) in [5, 5.41) is 3.35. The van der Waals surface area contributed by atoms with Gasteiger partial charge in [0.2, 0.25) is 0 Å². The van der Waals surface area contributed by atoms with Crippen molar-refractivity contribution in [1.29, 1.82) is 0 Å². The summed E-state index contributed by atoms with van der Waals surface area (Å²) < 4.78 is 19.1. The van der Waals surface area contributed by atoms with Crippen LogP contribution in [0.3, 0.4) is 0 Å². The van der Waals surface area contributed by atoms with E-state index in [-0.39, 0.29) is 17.5 Å². The van der Waals surface area contributed by atoms with Crippen LogP contribution in [0.15, 0.2) is 18.2 Å². The number of aryl methyl sites for hydroxylation is 1. The standard InChI is InChI=1S/C16H26FNO/c1-6-16(4,19-7-2)15(18-5)11-13-8-9-14(17)10-12(13)3/h8-10,15,18H,6-7,11H2,1-5H3. The normalized spacial score (nSPS) is 16.1. The average Bonchev–Trinajstić information content (AvgIpc) is 2.38. The molecule has 0 saturated heterocycles. The van der Waals surface area contributed by atoms with Crippen molar-refractivity contribution in [2.45, 2.75) is 52.2 Å². The second-order valence-electron chi connectivity index (χ2n) is 5.22. The number of hydrogen-bond acceptors (Lipinski definition) is 2. The molecule has 2 unspecified atom stereocenters. The minimum atomic E-state index is -0.204. The Morgan fingerprint density at radius 2 is 2.05 bits per heavy atom. The molecule has 0 spiro atoms. The first-order chi connectivity index (χ1) is 8.96. The van der Waals surface area contributed by atoms with Crippen molar-refractivity contribution >= 4 is 0 Å². The molecule has 108 valence electrons. The van der Waals surface area contributed by atoms with Gasteiger partial charge in [-0.3, -0.25) is 0 Å². The van der Waals surface area contributed by atoms with Gasteiger partial charge in [0.1, 0.15) is 5.82 Å². The topological polar surface area (TPSA) is 21.3 Å². The average molecular weight is 267 g/mol. The summed E-state index contributed by atoms with van der Waals surface area (Å²) in [5.74, 6) is -0.176. The molecule has 19 heavy (non-hydrogen) atoms. The molecule has 0 aliphatic carbocycles. The van der Waals surface area contributed by atoms with Gasteiger partial charge in [0.25, 0.3) is 0 Å². The van der Waals surface area contributed by atoms with Crippen LogP contribution in [0.4, 0.5) is 4.39 Å². The molecular formula is C16H26FNO. The maximum absolute atomic E-state index is 13.1. The van der Waals surface area contributed by atoms with Gasteiger partial charge in [-0.05, 0) is 63.9 Å². The van der Waals surface area contributed by atoms with E-state index in [1.165, 1.54) is 11.6 Å². The number of halogens is 1. The first kappa shape index (κ1) is 16.1. The van der Waals surface area contributed by atoms with Gasteiger partial charge in [0, 0.05) is 12.6 Å². The third-order valence-electron chi connectivity index (χ3n) is 3.99. The Kier molecular flexibility index (Phi) is 5.95. The van der Waals surface area contributed by atoms with E-state index in [0.717, 1.165) is 18.4 Å². The molecule has 2 atom stereocenters. The Morgan fingerprint density at radius 1 is 1.37 bits per heavy atom. The summed E-state index contributed by atoms with van der Waals surface area (Å²) in [7, 11) is 1.95. The molecule has 0 aliphatic heterocycles. The third-order valence-corrected chi connectivity index (χ3v) is 3.99. The Labute approximate surface area is 116 Å². The highest BCUT2D eigenvalue weighted by Crippen LogP contribution is 2.24. The molecule has 0 aromatic heterocycles. The lowest BCUT2D eigenvalue weighted by molar-refractivity contribution is -0.0534. The minimum absolute atomic E-state index is 0.176. The fourth-order valence-corrected chi connectivity index (χ4v) is 2.51. The van der Waals surface area contributed by atoms with Gasteiger partial charge < -0.3 is 10.1 Å². The number of likely N-dealkylation sites (N-methyl/N-ethyl adjacent to an activating group) is 1. The van der Waals surface area contributed by atoms with Gasteiger partial charge in [-0.15, -0.1) is 0 Å². The van der Waals surface area contributed by atoms with Crippen LogP contribution >= 0.6 is 0 Å². The summed E-state index contributed by atoms with van der Waals surface area (Å²) in [5.41, 5.74) is 1.96. The number of benzene rings is 1. The highest BCUT2D eigenvalue weighted by Gasteiger charge is 2.32. The summed E-state index contributed by atoms with van der Waals surface area (Å²) in [6, 6.07) is 5.20. The van der Waals surface area contributed by atoms with E-state index in [1.54, 1.807) is 6.07 Å². The predicted molar refractivity (Wildman–Crippen MR) is 78.0 cm³/mol. The van der Waals surface area contributed by atoms with Crippen molar-refractivity contribution in [3.05, 3.63) is 35.1 Å². The van der Waals surface area contributed by atoms with Crippen LogP contribution in [0.1, 0.15) is 38.3 Å². The third kappa shape index (κ3) is 4.02. The summed E-state index contributed by atoms with van der Waals surface area (Å²) >= 11 is 0. The molecule has 0 aliphatic rings. The van der Waals surface area contributed by atoms with Crippen LogP contribution in [0.2, 0.25) is 0 Å². The number of rotatable bonds is 7. The van der Waals surface area contributed by atoms with E-state index >= 15 is 0 Å². The summed E-state index contributed by atoms with van der Waals surface area (Å²) in [4.78, 5) is 0. The van der Waals surface area contributed by atoms with Crippen molar-refractivity contribution in [3.63, 3.8) is 0 Å². The Hall–Kier alpha value is -0.930. The van der Waals surface area contributed by atoms with Gasteiger partial charge in [-0.25, -0.2) is 4.39 Å². The maximum atomic E-state index is 13.1. The SMILES string of the molecule is CCOC(C)(CC)C(Cc1ccc(F)cc1C)NC. The predicted octanol–water partition coefficient (Wildman–Crippen LogP) is 3.47. The largest absolute Gasteiger partial charge is 0.374 e. The molecule has 0 heterocycles. The number of hydrogen-bond donors (Lipinski definition) is 1. The van der Waals surface area contributed by atoms with E-state index < -0.39 is 0 Å². The lowest BCUT2D eigenvalue weighted by atomic mass is 9.87. The number of nitrogens with one attached hydrogen (secondary N) is 1. The van der Waals surface area contributed by atoms with Gasteiger partial charge in [-0.2, -0.15) is 0 Å². The number of ether oxygens (including phenoxy) is 1. The Morgan fingerprint density at radius 3 is 2.53 bits per heavy atom. The van der Waals surface area contributed by atoms with E-state index in [4.69, 9.17) is 4.74 Å². The van der Waals surface area contributed by atoms with Crippen LogP contribution in [-0.4, -0.2) is 25.3 Å². The molecule has 0 radical (unpaired) electrons. The Balaban J connectivity index is 2.92. The Bertz CT molecular complexity index is 408. The van der Waals surface area contributed by atoms with Crippen LogP contribution in [0.25, 0.3) is 0 Å². The zero-order chi connectivity index (χ0) is 14.5. The first-order valence-corrected chi connectivity index (χ1v) is 7.03. The van der Waals surface area contributed by atoms with Gasteiger partial charge in [0.15, 0.2) is 0 Å². The van der Waals surface area contributed by atoms with E-state index in [9.17, 15) is 4.39 Å². The zero-order valence-corrected chi connectivity index (χ0v) is 12.7. The minimum Gasteiger partial charge on any atom is -0.374 e. The van der Waals surface area contributed by atoms with E-state index in [1.807, 2.05) is 27.0 Å². The molecule has 1 rings (SSSR count). The summed E-state index contributed by atoms with van der Waals surface area (Å²) in [6.07, 6.45) is 1.78. The van der Waals surface area contributed by atoms with E-state index in [2.05, 4.69) is 19.2 Å². The van der Waals surface area contributed by atoms with Crippen LogP contribution < -0.4 is 5.32 Å². The lowest BCUT2D eigenvalue weighted by Crippen LogP contribution is -2.50. The van der Waals surface area contributed by atoms with Crippen LogP contribution in [-0.2, 0) is 11.2 Å². The molecule has 1 N–H and O–H groups in total.